The third kappa shape index (κ3) is 4.68. The first kappa shape index (κ1) is 22.4. The fourth-order valence-corrected chi connectivity index (χ4v) is 4.99. The van der Waals surface area contributed by atoms with Crippen molar-refractivity contribution in [3.63, 3.8) is 0 Å². The number of hydrogen-bond donors (Lipinski definition) is 1. The molecule has 2 aromatic carbocycles. The molecule has 1 aliphatic heterocycles. The van der Waals surface area contributed by atoms with Crippen LogP contribution < -0.4 is 10.1 Å². The monoisotopic (exact) mass is 479 g/mol. The summed E-state index contributed by atoms with van der Waals surface area (Å²) < 4.78 is 51.8. The van der Waals surface area contributed by atoms with Crippen LogP contribution in [-0.2, 0) is 19.6 Å². The molecular weight excluding hydrogens is 461 g/mol. The van der Waals surface area contributed by atoms with Crippen molar-refractivity contribution in [2.75, 3.05) is 38.2 Å². The summed E-state index contributed by atoms with van der Waals surface area (Å²) >= 11 is 6.15. The van der Waals surface area contributed by atoms with Gasteiger partial charge in [-0.3, -0.25) is 9.78 Å². The first-order chi connectivity index (χ1) is 15.4. The Morgan fingerprint density at radius 3 is 2.78 bits per heavy atom. The number of benzene rings is 2. The molecule has 32 heavy (non-hydrogen) atoms. The number of ether oxygens (including phenoxy) is 2. The predicted molar refractivity (Wildman–Crippen MR) is 117 cm³/mol. The number of morpholine rings is 1. The number of nitrogens with one attached hydrogen (secondary N) is 1. The average Bonchev–Trinajstić information content (AvgIpc) is 2.80. The van der Waals surface area contributed by atoms with Crippen molar-refractivity contribution in [1.29, 1.82) is 0 Å². The van der Waals surface area contributed by atoms with Crippen molar-refractivity contribution < 1.29 is 27.1 Å². The topological polar surface area (TPSA) is 97.8 Å². The quantitative estimate of drug-likeness (QED) is 0.583. The van der Waals surface area contributed by atoms with E-state index in [-0.39, 0.29) is 38.6 Å². The molecule has 0 saturated carbocycles. The Bertz CT molecular complexity index is 1270. The molecule has 1 aromatic heterocycles. The number of fused-ring (bicyclic) bond motifs is 1. The largest absolute Gasteiger partial charge is 0.481 e. The number of nitrogens with zero attached hydrogens (tertiary/aromatic N) is 2. The number of rotatable bonds is 6. The highest BCUT2D eigenvalue weighted by Gasteiger charge is 2.29. The van der Waals surface area contributed by atoms with E-state index in [9.17, 15) is 17.6 Å². The smallest absolute Gasteiger partial charge is 0.262 e. The maximum absolute atomic E-state index is 14.3. The van der Waals surface area contributed by atoms with Gasteiger partial charge in [0.25, 0.3) is 5.91 Å². The van der Waals surface area contributed by atoms with Crippen LogP contribution in [0.15, 0.2) is 53.6 Å². The molecule has 0 atom stereocenters. The number of aromatic nitrogens is 1. The lowest BCUT2D eigenvalue weighted by Crippen LogP contribution is -2.40. The van der Waals surface area contributed by atoms with E-state index in [1.165, 1.54) is 6.07 Å². The number of halogens is 2. The summed E-state index contributed by atoms with van der Waals surface area (Å²) in [6.45, 7) is 0.381. The van der Waals surface area contributed by atoms with E-state index in [1.54, 1.807) is 30.5 Å². The van der Waals surface area contributed by atoms with E-state index in [0.717, 1.165) is 16.4 Å². The first-order valence-electron chi connectivity index (χ1n) is 9.69. The zero-order chi connectivity index (χ0) is 22.7. The molecule has 4 rings (SSSR count). The van der Waals surface area contributed by atoms with Crippen molar-refractivity contribution in [1.82, 2.24) is 9.29 Å². The van der Waals surface area contributed by atoms with Crippen LogP contribution in [0.5, 0.6) is 5.75 Å². The van der Waals surface area contributed by atoms with Gasteiger partial charge >= 0.3 is 0 Å². The molecule has 1 amide bonds. The molecule has 3 aromatic rings. The molecule has 0 radical (unpaired) electrons. The van der Waals surface area contributed by atoms with Crippen molar-refractivity contribution in [3.8, 4) is 5.75 Å². The van der Waals surface area contributed by atoms with Gasteiger partial charge in [0.2, 0.25) is 10.0 Å². The third-order valence-corrected chi connectivity index (χ3v) is 7.08. The lowest BCUT2D eigenvalue weighted by Gasteiger charge is -2.26. The van der Waals surface area contributed by atoms with Gasteiger partial charge < -0.3 is 14.8 Å². The first-order valence-corrected chi connectivity index (χ1v) is 11.5. The maximum Gasteiger partial charge on any atom is 0.262 e. The van der Waals surface area contributed by atoms with Gasteiger partial charge in [-0.05, 0) is 42.5 Å². The van der Waals surface area contributed by atoms with Crippen LogP contribution in [0.2, 0.25) is 5.02 Å². The molecule has 168 valence electrons. The van der Waals surface area contributed by atoms with Gasteiger partial charge in [-0.15, -0.1) is 0 Å². The number of carbonyl (C=O) groups is 1. The standard InChI is InChI=1S/C21H19ClFN3O5S/c22-16-4-6-18(21-15(16)2-1-7-24-21)31-13-20(27)25-14-3-5-17(23)19(12-14)32(28,29)26-8-10-30-11-9-26/h1-7,12H,8-11,13H2,(H,25,27). The van der Waals surface area contributed by atoms with Gasteiger partial charge in [-0.1, -0.05) is 11.6 Å². The van der Waals surface area contributed by atoms with E-state index in [4.69, 9.17) is 21.1 Å². The molecule has 1 saturated heterocycles. The molecule has 1 aliphatic rings. The van der Waals surface area contributed by atoms with Gasteiger partial charge in [-0.2, -0.15) is 4.31 Å². The van der Waals surface area contributed by atoms with Crippen molar-refractivity contribution in [2.45, 2.75) is 4.90 Å². The summed E-state index contributed by atoms with van der Waals surface area (Å²) in [5, 5.41) is 3.72. The predicted octanol–water partition coefficient (Wildman–Crippen LogP) is 3.07. The Hall–Kier alpha value is -2.79. The van der Waals surface area contributed by atoms with Crippen molar-refractivity contribution >= 4 is 44.1 Å². The normalized spacial score (nSPS) is 14.9. The Morgan fingerprint density at radius 1 is 1.22 bits per heavy atom. The summed E-state index contributed by atoms with van der Waals surface area (Å²) in [7, 11) is -4.06. The highest BCUT2D eigenvalue weighted by molar-refractivity contribution is 7.89. The molecule has 11 heteroatoms. The number of anilines is 1. The molecule has 0 bridgehead atoms. The second-order valence-electron chi connectivity index (χ2n) is 6.94. The van der Waals surface area contributed by atoms with Crippen LogP contribution in [0.3, 0.4) is 0 Å². The summed E-state index contributed by atoms with van der Waals surface area (Å²) in [6, 6.07) is 10.1. The molecular formula is C21H19ClFN3O5S. The number of pyridine rings is 1. The van der Waals surface area contributed by atoms with Crippen LogP contribution in [0, 0.1) is 5.82 Å². The zero-order valence-corrected chi connectivity index (χ0v) is 18.3. The SMILES string of the molecule is O=C(COc1ccc(Cl)c2cccnc12)Nc1ccc(F)c(S(=O)(=O)N2CCOCC2)c1. The molecule has 1 fully saturated rings. The summed E-state index contributed by atoms with van der Waals surface area (Å²) in [4.78, 5) is 16.1. The number of sulfonamides is 1. The summed E-state index contributed by atoms with van der Waals surface area (Å²) in [5.74, 6) is -1.08. The Kier molecular flexibility index (Phi) is 6.56. The van der Waals surface area contributed by atoms with Crippen LogP contribution in [0.25, 0.3) is 10.9 Å². The van der Waals surface area contributed by atoms with E-state index < -0.39 is 26.6 Å². The molecule has 2 heterocycles. The second-order valence-corrected chi connectivity index (χ2v) is 9.26. The highest BCUT2D eigenvalue weighted by atomic mass is 35.5. The number of amides is 1. The molecule has 0 aliphatic carbocycles. The third-order valence-electron chi connectivity index (χ3n) is 4.84. The second kappa shape index (κ2) is 9.37. The van der Waals surface area contributed by atoms with Crippen molar-refractivity contribution in [3.05, 3.63) is 59.5 Å². The van der Waals surface area contributed by atoms with Gasteiger partial charge in [0.15, 0.2) is 6.61 Å². The highest BCUT2D eigenvalue weighted by Crippen LogP contribution is 2.29. The molecule has 8 nitrogen and oxygen atoms in total. The Labute approximate surface area is 189 Å². The fourth-order valence-electron chi connectivity index (χ4n) is 3.27. The summed E-state index contributed by atoms with van der Waals surface area (Å²) in [6.07, 6.45) is 1.58. The van der Waals surface area contributed by atoms with Gasteiger partial charge in [0.1, 0.15) is 22.0 Å². The minimum atomic E-state index is -4.06. The van der Waals surface area contributed by atoms with Crippen molar-refractivity contribution in [2.24, 2.45) is 0 Å². The van der Waals surface area contributed by atoms with E-state index in [0.29, 0.717) is 21.7 Å². The molecule has 1 N–H and O–H groups in total. The van der Waals surface area contributed by atoms with Crippen LogP contribution in [0.1, 0.15) is 0 Å². The van der Waals surface area contributed by atoms with Gasteiger partial charge in [0, 0.05) is 30.4 Å². The zero-order valence-electron chi connectivity index (χ0n) is 16.8. The number of carbonyl (C=O) groups excluding carboxylic acids is 1. The Balaban J connectivity index is 1.47. The van der Waals surface area contributed by atoms with Gasteiger partial charge in [-0.25, -0.2) is 12.8 Å². The lowest BCUT2D eigenvalue weighted by atomic mass is 10.2. The van der Waals surface area contributed by atoms with E-state index >= 15 is 0 Å². The molecule has 0 unspecified atom stereocenters. The minimum absolute atomic E-state index is 0.130. The summed E-state index contributed by atoms with van der Waals surface area (Å²) in [5.41, 5.74) is 0.638. The lowest BCUT2D eigenvalue weighted by molar-refractivity contribution is -0.118. The molecule has 0 spiro atoms. The van der Waals surface area contributed by atoms with E-state index in [1.807, 2.05) is 0 Å². The van der Waals surface area contributed by atoms with E-state index in [2.05, 4.69) is 10.3 Å². The van der Waals surface area contributed by atoms with Crippen LogP contribution >= 0.6 is 11.6 Å². The van der Waals surface area contributed by atoms with Crippen LogP contribution in [0.4, 0.5) is 10.1 Å². The Morgan fingerprint density at radius 2 is 2.00 bits per heavy atom. The number of hydrogen-bond acceptors (Lipinski definition) is 6. The van der Waals surface area contributed by atoms with Crippen LogP contribution in [-0.4, -0.2) is 56.5 Å². The maximum atomic E-state index is 14.3. The average molecular weight is 480 g/mol. The fraction of sp³-hybridized carbons (Fsp3) is 0.238. The van der Waals surface area contributed by atoms with Gasteiger partial charge in [0.05, 0.1) is 18.2 Å². The minimum Gasteiger partial charge on any atom is -0.481 e.